The van der Waals surface area contributed by atoms with Crippen LogP contribution in [0.2, 0.25) is 5.02 Å². The number of alkyl halides is 1. The molecule has 0 aliphatic carbocycles. The van der Waals surface area contributed by atoms with E-state index in [0.29, 0.717) is 0 Å². The first kappa shape index (κ1) is 16.7. The number of ether oxygens (including phenoxy) is 2. The SMILES string of the molecule is COc1ccc(C(Br)c2ccc(Cl)cc2C)c(OC)c1Br. The lowest BCUT2D eigenvalue weighted by atomic mass is 9.99. The third-order valence-corrected chi connectivity index (χ3v) is 5.27. The molecule has 0 heterocycles. The summed E-state index contributed by atoms with van der Waals surface area (Å²) in [5, 5.41) is 0.735. The summed E-state index contributed by atoms with van der Waals surface area (Å²) in [4.78, 5) is 0.00641. The van der Waals surface area contributed by atoms with Crippen LogP contribution in [-0.4, -0.2) is 14.2 Å². The average molecular weight is 435 g/mol. The number of halogens is 3. The largest absolute Gasteiger partial charge is 0.495 e. The predicted octanol–water partition coefficient (Wildman–Crippen LogP) is 5.91. The molecule has 0 aromatic heterocycles. The smallest absolute Gasteiger partial charge is 0.141 e. The molecule has 112 valence electrons. The summed E-state index contributed by atoms with van der Waals surface area (Å²) in [5.41, 5.74) is 3.30. The van der Waals surface area contributed by atoms with Crippen molar-refractivity contribution in [3.05, 3.63) is 56.5 Å². The highest BCUT2D eigenvalue weighted by Gasteiger charge is 2.21. The summed E-state index contributed by atoms with van der Waals surface area (Å²) in [7, 11) is 3.28. The fourth-order valence-corrected chi connectivity index (χ4v) is 3.99. The third-order valence-electron chi connectivity index (χ3n) is 3.29. The second-order valence-electron chi connectivity index (χ2n) is 4.57. The lowest BCUT2D eigenvalue weighted by molar-refractivity contribution is 0.386. The van der Waals surface area contributed by atoms with Crippen molar-refractivity contribution in [2.75, 3.05) is 14.2 Å². The van der Waals surface area contributed by atoms with Gasteiger partial charge in [0.2, 0.25) is 0 Å². The molecular formula is C16H15Br2ClO2. The van der Waals surface area contributed by atoms with Crippen molar-refractivity contribution >= 4 is 43.5 Å². The maximum atomic E-state index is 6.03. The summed E-state index contributed by atoms with van der Waals surface area (Å²) in [6.45, 7) is 2.04. The van der Waals surface area contributed by atoms with Gasteiger partial charge in [0, 0.05) is 10.6 Å². The number of hydrogen-bond donors (Lipinski definition) is 0. The molecule has 1 atom stereocenters. The van der Waals surface area contributed by atoms with Crippen LogP contribution < -0.4 is 9.47 Å². The van der Waals surface area contributed by atoms with Crippen LogP contribution in [0.1, 0.15) is 21.5 Å². The summed E-state index contributed by atoms with van der Waals surface area (Å²) in [6, 6.07) is 9.78. The quantitative estimate of drug-likeness (QED) is 0.557. The van der Waals surface area contributed by atoms with Crippen molar-refractivity contribution in [2.45, 2.75) is 11.8 Å². The molecule has 0 bridgehead atoms. The summed E-state index contributed by atoms with van der Waals surface area (Å²) in [5.74, 6) is 1.49. The maximum absolute atomic E-state index is 6.03. The van der Waals surface area contributed by atoms with Gasteiger partial charge in [-0.3, -0.25) is 0 Å². The molecule has 0 saturated carbocycles. The third kappa shape index (κ3) is 3.38. The first-order chi connectivity index (χ1) is 9.99. The number of rotatable bonds is 4. The minimum atomic E-state index is 0.00641. The van der Waals surface area contributed by atoms with Gasteiger partial charge in [-0.05, 0) is 52.2 Å². The summed E-state index contributed by atoms with van der Waals surface area (Å²) >= 11 is 13.3. The Morgan fingerprint density at radius 2 is 1.71 bits per heavy atom. The van der Waals surface area contributed by atoms with Crippen LogP contribution in [0.15, 0.2) is 34.8 Å². The van der Waals surface area contributed by atoms with Gasteiger partial charge in [-0.2, -0.15) is 0 Å². The molecule has 21 heavy (non-hydrogen) atoms. The minimum absolute atomic E-state index is 0.00641. The molecule has 2 rings (SSSR count). The van der Waals surface area contributed by atoms with Gasteiger partial charge in [0.15, 0.2) is 0 Å². The molecule has 0 aliphatic heterocycles. The van der Waals surface area contributed by atoms with Gasteiger partial charge in [0.25, 0.3) is 0 Å². The van der Waals surface area contributed by atoms with Gasteiger partial charge >= 0.3 is 0 Å². The van der Waals surface area contributed by atoms with Gasteiger partial charge in [0.05, 0.1) is 19.0 Å². The predicted molar refractivity (Wildman–Crippen MR) is 94.2 cm³/mol. The van der Waals surface area contributed by atoms with Gasteiger partial charge in [-0.1, -0.05) is 39.7 Å². The van der Waals surface area contributed by atoms with Crippen molar-refractivity contribution in [1.29, 1.82) is 0 Å². The van der Waals surface area contributed by atoms with Gasteiger partial charge < -0.3 is 9.47 Å². The first-order valence-corrected chi connectivity index (χ1v) is 8.38. The zero-order chi connectivity index (χ0) is 15.6. The Labute approximate surface area is 146 Å². The lowest BCUT2D eigenvalue weighted by Crippen LogP contribution is -2.01. The number of hydrogen-bond acceptors (Lipinski definition) is 2. The van der Waals surface area contributed by atoms with Gasteiger partial charge in [0.1, 0.15) is 16.0 Å². The molecule has 2 aromatic rings. The lowest BCUT2D eigenvalue weighted by Gasteiger charge is -2.19. The Balaban J connectivity index is 2.52. The molecule has 2 aromatic carbocycles. The fourth-order valence-electron chi connectivity index (χ4n) is 2.21. The summed E-state index contributed by atoms with van der Waals surface area (Å²) < 4.78 is 11.7. The molecular weight excluding hydrogens is 419 g/mol. The normalized spacial score (nSPS) is 12.1. The second-order valence-corrected chi connectivity index (χ2v) is 6.71. The van der Waals surface area contributed by atoms with Crippen molar-refractivity contribution in [1.82, 2.24) is 0 Å². The Bertz CT molecular complexity index is 659. The van der Waals surface area contributed by atoms with Crippen molar-refractivity contribution in [3.63, 3.8) is 0 Å². The molecule has 0 aliphatic rings. The van der Waals surface area contributed by atoms with E-state index in [0.717, 1.165) is 37.7 Å². The number of methoxy groups -OCH3 is 2. The van der Waals surface area contributed by atoms with Crippen molar-refractivity contribution in [3.8, 4) is 11.5 Å². The molecule has 0 amide bonds. The molecule has 0 N–H and O–H groups in total. The Morgan fingerprint density at radius 1 is 1.05 bits per heavy atom. The van der Waals surface area contributed by atoms with Crippen LogP contribution in [0.25, 0.3) is 0 Å². The van der Waals surface area contributed by atoms with Crippen LogP contribution in [0.5, 0.6) is 11.5 Å². The van der Waals surface area contributed by atoms with Crippen LogP contribution in [0.3, 0.4) is 0 Å². The van der Waals surface area contributed by atoms with Gasteiger partial charge in [-0.15, -0.1) is 0 Å². The van der Waals surface area contributed by atoms with E-state index in [1.165, 1.54) is 0 Å². The molecule has 5 heteroatoms. The Hall–Kier alpha value is -0.710. The van der Waals surface area contributed by atoms with E-state index in [2.05, 4.69) is 31.9 Å². The molecule has 0 radical (unpaired) electrons. The highest BCUT2D eigenvalue weighted by atomic mass is 79.9. The van der Waals surface area contributed by atoms with E-state index in [9.17, 15) is 0 Å². The van der Waals surface area contributed by atoms with Gasteiger partial charge in [-0.25, -0.2) is 0 Å². The monoisotopic (exact) mass is 432 g/mol. The summed E-state index contributed by atoms with van der Waals surface area (Å²) in [6.07, 6.45) is 0. The number of aryl methyl sites for hydroxylation is 1. The van der Waals surface area contributed by atoms with Crippen molar-refractivity contribution < 1.29 is 9.47 Å². The van der Waals surface area contributed by atoms with E-state index in [1.54, 1.807) is 14.2 Å². The average Bonchev–Trinajstić information content (AvgIpc) is 2.46. The molecule has 0 saturated heterocycles. The van der Waals surface area contributed by atoms with E-state index >= 15 is 0 Å². The van der Waals surface area contributed by atoms with E-state index < -0.39 is 0 Å². The Kier molecular flexibility index (Phi) is 5.58. The van der Waals surface area contributed by atoms with Crippen LogP contribution >= 0.6 is 43.5 Å². The molecule has 1 unspecified atom stereocenters. The first-order valence-electron chi connectivity index (χ1n) is 6.30. The topological polar surface area (TPSA) is 18.5 Å². The van der Waals surface area contributed by atoms with E-state index in [4.69, 9.17) is 21.1 Å². The maximum Gasteiger partial charge on any atom is 0.141 e. The van der Waals surface area contributed by atoms with Crippen LogP contribution in [0, 0.1) is 6.92 Å². The highest BCUT2D eigenvalue weighted by molar-refractivity contribution is 9.10. The zero-order valence-electron chi connectivity index (χ0n) is 11.9. The minimum Gasteiger partial charge on any atom is -0.495 e. The fraction of sp³-hybridized carbons (Fsp3) is 0.250. The Morgan fingerprint density at radius 3 is 2.29 bits per heavy atom. The van der Waals surface area contributed by atoms with E-state index in [-0.39, 0.29) is 4.83 Å². The standard InChI is InChI=1S/C16H15Br2ClO2/c1-9-8-10(19)4-5-11(9)14(17)12-6-7-13(20-2)15(18)16(12)21-3/h4-8,14H,1-3H3. The van der Waals surface area contributed by atoms with Crippen LogP contribution in [0.4, 0.5) is 0 Å². The van der Waals surface area contributed by atoms with Crippen LogP contribution in [-0.2, 0) is 0 Å². The second kappa shape index (κ2) is 7.03. The molecule has 0 fully saturated rings. The van der Waals surface area contributed by atoms with Crippen molar-refractivity contribution in [2.24, 2.45) is 0 Å². The highest BCUT2D eigenvalue weighted by Crippen LogP contribution is 2.44. The molecule has 0 spiro atoms. The van der Waals surface area contributed by atoms with E-state index in [1.807, 2.05) is 37.3 Å². The zero-order valence-corrected chi connectivity index (χ0v) is 15.8. The number of benzene rings is 2. The molecule has 2 nitrogen and oxygen atoms in total.